The first-order valence-electron chi connectivity index (χ1n) is 6.41. The largest absolute Gasteiger partial charge is 0.469 e. The lowest BCUT2D eigenvalue weighted by Crippen LogP contribution is -2.42. The van der Waals surface area contributed by atoms with Gasteiger partial charge >= 0.3 is 5.97 Å². The zero-order valence-corrected chi connectivity index (χ0v) is 12.2. The maximum atomic E-state index is 11.7. The molecule has 0 fully saturated rings. The van der Waals surface area contributed by atoms with Crippen molar-refractivity contribution in [1.29, 1.82) is 0 Å². The van der Waals surface area contributed by atoms with Gasteiger partial charge in [0.25, 0.3) is 0 Å². The summed E-state index contributed by atoms with van der Waals surface area (Å²) in [4.78, 5) is 24.5. The molecule has 0 saturated heterocycles. The van der Waals surface area contributed by atoms with E-state index in [0.717, 1.165) is 0 Å². The predicted octanol–water partition coefficient (Wildman–Crippen LogP) is 1.03. The number of esters is 1. The smallest absolute Gasteiger partial charge is 0.305 e. The molecule has 0 aliphatic rings. The minimum absolute atomic E-state index is 0.0248. The van der Waals surface area contributed by atoms with E-state index in [4.69, 9.17) is 0 Å². The molecule has 0 saturated carbocycles. The van der Waals surface area contributed by atoms with E-state index in [1.54, 1.807) is 0 Å². The zero-order chi connectivity index (χ0) is 14.1. The summed E-state index contributed by atoms with van der Waals surface area (Å²) in [6.45, 7) is 7.21. The molecule has 5 nitrogen and oxygen atoms in total. The summed E-state index contributed by atoms with van der Waals surface area (Å²) in [7, 11) is 3.25. The van der Waals surface area contributed by atoms with Crippen LogP contribution in [0.2, 0.25) is 0 Å². The molecule has 0 aromatic heterocycles. The maximum Gasteiger partial charge on any atom is 0.305 e. The quantitative estimate of drug-likeness (QED) is 0.661. The van der Waals surface area contributed by atoms with E-state index in [9.17, 15) is 9.59 Å². The van der Waals surface area contributed by atoms with Crippen LogP contribution in [-0.4, -0.2) is 50.1 Å². The van der Waals surface area contributed by atoms with Crippen LogP contribution < -0.4 is 5.32 Å². The molecule has 1 unspecified atom stereocenters. The highest BCUT2D eigenvalue weighted by atomic mass is 16.5. The Morgan fingerprint density at radius 1 is 1.28 bits per heavy atom. The highest BCUT2D eigenvalue weighted by Gasteiger charge is 2.12. The third-order valence-electron chi connectivity index (χ3n) is 2.95. The second-order valence-electron chi connectivity index (χ2n) is 5.02. The average Bonchev–Trinajstić information content (AvgIpc) is 2.28. The van der Waals surface area contributed by atoms with Crippen molar-refractivity contribution in [2.45, 2.75) is 39.7 Å². The minimum Gasteiger partial charge on any atom is -0.469 e. The molecule has 18 heavy (non-hydrogen) atoms. The van der Waals surface area contributed by atoms with Crippen molar-refractivity contribution in [3.63, 3.8) is 0 Å². The Labute approximate surface area is 110 Å². The van der Waals surface area contributed by atoms with Crippen molar-refractivity contribution in [2.24, 2.45) is 5.92 Å². The van der Waals surface area contributed by atoms with Crippen LogP contribution >= 0.6 is 0 Å². The van der Waals surface area contributed by atoms with Crippen LogP contribution in [0.1, 0.15) is 33.6 Å². The van der Waals surface area contributed by atoms with Gasteiger partial charge in [0.1, 0.15) is 0 Å². The van der Waals surface area contributed by atoms with Crippen molar-refractivity contribution in [3.05, 3.63) is 0 Å². The topological polar surface area (TPSA) is 58.6 Å². The number of carbonyl (C=O) groups is 2. The van der Waals surface area contributed by atoms with Crippen LogP contribution in [0.25, 0.3) is 0 Å². The molecule has 1 N–H and O–H groups in total. The normalized spacial score (nSPS) is 12.6. The van der Waals surface area contributed by atoms with Gasteiger partial charge < -0.3 is 10.1 Å². The molecular formula is C13H26N2O3. The zero-order valence-electron chi connectivity index (χ0n) is 12.2. The van der Waals surface area contributed by atoms with E-state index < -0.39 is 0 Å². The third kappa shape index (κ3) is 8.06. The first kappa shape index (κ1) is 16.9. The summed E-state index contributed by atoms with van der Waals surface area (Å²) < 4.78 is 4.56. The van der Waals surface area contributed by atoms with Crippen molar-refractivity contribution in [2.75, 3.05) is 27.2 Å². The van der Waals surface area contributed by atoms with Crippen molar-refractivity contribution >= 4 is 11.9 Å². The molecule has 5 heteroatoms. The van der Waals surface area contributed by atoms with Crippen LogP contribution in [0, 0.1) is 5.92 Å². The van der Waals surface area contributed by atoms with Crippen molar-refractivity contribution in [3.8, 4) is 0 Å². The van der Waals surface area contributed by atoms with Gasteiger partial charge in [-0.05, 0) is 32.9 Å². The van der Waals surface area contributed by atoms with Gasteiger partial charge in [-0.1, -0.05) is 13.8 Å². The predicted molar refractivity (Wildman–Crippen MR) is 71.2 cm³/mol. The van der Waals surface area contributed by atoms with Crippen molar-refractivity contribution < 1.29 is 14.3 Å². The van der Waals surface area contributed by atoms with E-state index in [2.05, 4.69) is 23.9 Å². The molecule has 0 aliphatic heterocycles. The number of rotatable bonds is 8. The van der Waals surface area contributed by atoms with Gasteiger partial charge in [-0.25, -0.2) is 0 Å². The summed E-state index contributed by atoms with van der Waals surface area (Å²) in [6.07, 6.45) is 1.10. The Kier molecular flexibility index (Phi) is 8.37. The molecular weight excluding hydrogens is 232 g/mol. The molecule has 0 aromatic rings. The van der Waals surface area contributed by atoms with E-state index in [1.165, 1.54) is 7.11 Å². The standard InChI is InChI=1S/C13H26N2O3/c1-10(2)11(3)14-12(16)9-15(4)8-6-7-13(17)18-5/h10-11H,6-9H2,1-5H3,(H,14,16). The van der Waals surface area contributed by atoms with Gasteiger partial charge in [-0.15, -0.1) is 0 Å². The molecule has 1 amide bonds. The van der Waals surface area contributed by atoms with Crippen LogP contribution in [0.4, 0.5) is 0 Å². The number of hydrogen-bond acceptors (Lipinski definition) is 4. The fourth-order valence-corrected chi connectivity index (χ4v) is 1.39. The monoisotopic (exact) mass is 258 g/mol. The van der Waals surface area contributed by atoms with Crippen LogP contribution in [0.5, 0.6) is 0 Å². The second kappa shape index (κ2) is 8.91. The highest BCUT2D eigenvalue weighted by molar-refractivity contribution is 5.78. The lowest BCUT2D eigenvalue weighted by atomic mass is 10.1. The maximum absolute atomic E-state index is 11.7. The highest BCUT2D eigenvalue weighted by Crippen LogP contribution is 2.00. The first-order chi connectivity index (χ1) is 8.36. The van der Waals surface area contributed by atoms with Crippen LogP contribution in [-0.2, 0) is 14.3 Å². The molecule has 1 atom stereocenters. The first-order valence-corrected chi connectivity index (χ1v) is 6.41. The summed E-state index contributed by atoms with van der Waals surface area (Å²) in [6, 6.07) is 0.181. The number of nitrogens with zero attached hydrogens (tertiary/aromatic N) is 1. The Morgan fingerprint density at radius 3 is 2.39 bits per heavy atom. The number of ether oxygens (including phenoxy) is 1. The molecule has 0 aliphatic carbocycles. The average molecular weight is 258 g/mol. The number of amides is 1. The molecule has 0 radical (unpaired) electrons. The third-order valence-corrected chi connectivity index (χ3v) is 2.95. The SMILES string of the molecule is COC(=O)CCCN(C)CC(=O)NC(C)C(C)C. The van der Waals surface area contributed by atoms with E-state index in [1.807, 2.05) is 18.9 Å². The second-order valence-corrected chi connectivity index (χ2v) is 5.02. The molecule has 0 aromatic carbocycles. The summed E-state index contributed by atoms with van der Waals surface area (Å²) in [5, 5.41) is 2.95. The number of methoxy groups -OCH3 is 1. The molecule has 0 heterocycles. The fraction of sp³-hybridized carbons (Fsp3) is 0.846. The van der Waals surface area contributed by atoms with Gasteiger partial charge in [0, 0.05) is 12.5 Å². The van der Waals surface area contributed by atoms with Gasteiger partial charge in [0.2, 0.25) is 5.91 Å². The molecule has 106 valence electrons. The van der Waals surface area contributed by atoms with Crippen LogP contribution in [0.15, 0.2) is 0 Å². The van der Waals surface area contributed by atoms with Crippen LogP contribution in [0.3, 0.4) is 0 Å². The summed E-state index contributed by atoms with van der Waals surface area (Å²) in [5.74, 6) is 0.247. The number of carbonyl (C=O) groups excluding carboxylic acids is 2. The summed E-state index contributed by atoms with van der Waals surface area (Å²) >= 11 is 0. The number of likely N-dealkylation sites (N-methyl/N-ethyl adjacent to an activating group) is 1. The van der Waals surface area contributed by atoms with Gasteiger partial charge in [0.15, 0.2) is 0 Å². The Hall–Kier alpha value is -1.10. The molecule has 0 rings (SSSR count). The Morgan fingerprint density at radius 2 is 1.89 bits per heavy atom. The van der Waals surface area contributed by atoms with E-state index >= 15 is 0 Å². The molecule has 0 bridgehead atoms. The minimum atomic E-state index is -0.207. The van der Waals surface area contributed by atoms with Crippen molar-refractivity contribution in [1.82, 2.24) is 10.2 Å². The fourth-order valence-electron chi connectivity index (χ4n) is 1.39. The van der Waals surface area contributed by atoms with Gasteiger partial charge in [0.05, 0.1) is 13.7 Å². The number of hydrogen-bond donors (Lipinski definition) is 1. The van der Waals surface area contributed by atoms with Gasteiger partial charge in [-0.2, -0.15) is 0 Å². The number of nitrogens with one attached hydrogen (secondary N) is 1. The van der Waals surface area contributed by atoms with E-state index in [-0.39, 0.29) is 17.9 Å². The summed E-state index contributed by atoms with van der Waals surface area (Å²) in [5.41, 5.74) is 0. The lowest BCUT2D eigenvalue weighted by molar-refractivity contribution is -0.140. The van der Waals surface area contributed by atoms with E-state index in [0.29, 0.717) is 31.8 Å². The lowest BCUT2D eigenvalue weighted by Gasteiger charge is -2.20. The Bertz CT molecular complexity index is 267. The Balaban J connectivity index is 3.77. The van der Waals surface area contributed by atoms with Gasteiger partial charge in [-0.3, -0.25) is 14.5 Å². The molecule has 0 spiro atoms.